The van der Waals surface area contributed by atoms with Crippen molar-refractivity contribution in [1.82, 2.24) is 9.80 Å². The van der Waals surface area contributed by atoms with Crippen LogP contribution < -0.4 is 0 Å². The first-order chi connectivity index (χ1) is 16.5. The molecule has 186 valence electrons. The van der Waals surface area contributed by atoms with Gasteiger partial charge in [0, 0.05) is 12.1 Å². The zero-order valence-corrected chi connectivity index (χ0v) is 20.2. The highest BCUT2D eigenvalue weighted by Crippen LogP contribution is 2.29. The Morgan fingerprint density at radius 2 is 1.03 bits per heavy atom. The van der Waals surface area contributed by atoms with Crippen LogP contribution in [0.25, 0.3) is 0 Å². The van der Waals surface area contributed by atoms with Crippen molar-refractivity contribution in [2.24, 2.45) is 0 Å². The molecule has 4 rings (SSSR count). The van der Waals surface area contributed by atoms with E-state index in [1.54, 1.807) is 24.3 Å². The van der Waals surface area contributed by atoms with Gasteiger partial charge in [0.05, 0.1) is 0 Å². The molecule has 0 amide bonds. The highest BCUT2D eigenvalue weighted by molar-refractivity contribution is 5.41. The molecule has 2 aliphatic heterocycles. The smallest absolute Gasteiger partial charge is 0.157 e. The van der Waals surface area contributed by atoms with Crippen LogP contribution in [0.2, 0.25) is 0 Å². The highest BCUT2D eigenvalue weighted by Gasteiger charge is 2.25. The Labute approximate surface area is 203 Å². The van der Waals surface area contributed by atoms with Crippen LogP contribution in [0.5, 0.6) is 23.0 Å². The Bertz CT molecular complexity index is 859. The number of rotatable bonds is 11. The van der Waals surface area contributed by atoms with Crippen LogP contribution in [-0.4, -0.2) is 68.5 Å². The Morgan fingerprint density at radius 1 is 0.588 bits per heavy atom. The number of phenolic OH excluding ortho intramolecular Hbond substituents is 4. The minimum absolute atomic E-state index is 0.0245. The zero-order chi connectivity index (χ0) is 23.9. The van der Waals surface area contributed by atoms with Gasteiger partial charge < -0.3 is 30.2 Å². The quantitative estimate of drug-likeness (QED) is 0.280. The van der Waals surface area contributed by atoms with Gasteiger partial charge >= 0.3 is 0 Å². The molecule has 0 unspecified atom stereocenters. The third kappa shape index (κ3) is 6.57. The summed E-state index contributed by atoms with van der Waals surface area (Å²) >= 11 is 0. The second-order valence-corrected chi connectivity index (χ2v) is 10.1. The number of hydrogen-bond donors (Lipinski definition) is 4. The van der Waals surface area contributed by atoms with E-state index in [1.165, 1.54) is 51.4 Å². The first-order valence-electron chi connectivity index (χ1n) is 13.0. The molecule has 0 aromatic heterocycles. The van der Waals surface area contributed by atoms with E-state index >= 15 is 0 Å². The predicted molar refractivity (Wildman–Crippen MR) is 135 cm³/mol. The van der Waals surface area contributed by atoms with E-state index in [-0.39, 0.29) is 23.0 Å². The fraction of sp³-hybridized carbons (Fsp3) is 0.571. The van der Waals surface area contributed by atoms with E-state index < -0.39 is 0 Å². The van der Waals surface area contributed by atoms with Crippen molar-refractivity contribution < 1.29 is 20.4 Å². The van der Waals surface area contributed by atoms with Gasteiger partial charge in [0.15, 0.2) is 23.0 Å². The number of benzene rings is 2. The first kappa shape index (κ1) is 24.7. The molecule has 6 heteroatoms. The maximum absolute atomic E-state index is 9.77. The van der Waals surface area contributed by atoms with E-state index in [0.717, 1.165) is 50.1 Å². The standard InChI is InChI=1S/C28H40N2O4/c31-25-11-9-21(19-27(25)33)17-23-7-5-15-29(23)13-3-1-2-4-14-30-16-6-8-24(30)18-22-10-12-26(32)28(34)20-22/h9-12,19-20,23-24,31-34H,1-8,13-18H2/t23-,24+. The fourth-order valence-electron chi connectivity index (χ4n) is 5.76. The van der Waals surface area contributed by atoms with Gasteiger partial charge in [0.1, 0.15) is 0 Å². The fourth-order valence-corrected chi connectivity index (χ4v) is 5.76. The molecule has 34 heavy (non-hydrogen) atoms. The molecular weight excluding hydrogens is 428 g/mol. The normalized spacial score (nSPS) is 21.4. The number of hydrogen-bond acceptors (Lipinski definition) is 6. The Balaban J connectivity index is 1.13. The molecule has 2 heterocycles. The van der Waals surface area contributed by atoms with E-state index in [9.17, 15) is 20.4 Å². The van der Waals surface area contributed by atoms with E-state index in [0.29, 0.717) is 12.1 Å². The van der Waals surface area contributed by atoms with Crippen molar-refractivity contribution in [2.45, 2.75) is 76.3 Å². The van der Waals surface area contributed by atoms with Crippen LogP contribution in [0, 0.1) is 0 Å². The summed E-state index contributed by atoms with van der Waals surface area (Å²) in [6, 6.07) is 11.5. The van der Waals surface area contributed by atoms with Crippen LogP contribution in [0.1, 0.15) is 62.5 Å². The molecule has 0 spiro atoms. The largest absolute Gasteiger partial charge is 0.504 e. The molecule has 6 nitrogen and oxygen atoms in total. The first-order valence-corrected chi connectivity index (χ1v) is 13.0. The monoisotopic (exact) mass is 468 g/mol. The van der Waals surface area contributed by atoms with Gasteiger partial charge in [-0.2, -0.15) is 0 Å². The average molecular weight is 469 g/mol. The lowest BCUT2D eigenvalue weighted by Gasteiger charge is -2.25. The summed E-state index contributed by atoms with van der Waals surface area (Å²) in [7, 11) is 0. The van der Waals surface area contributed by atoms with E-state index in [1.807, 2.05) is 12.1 Å². The van der Waals surface area contributed by atoms with Crippen LogP contribution in [0.3, 0.4) is 0 Å². The Kier molecular flexibility index (Phi) is 8.57. The third-order valence-electron chi connectivity index (χ3n) is 7.66. The summed E-state index contributed by atoms with van der Waals surface area (Å²) in [5, 5.41) is 38.6. The predicted octanol–water partition coefficient (Wildman–Crippen LogP) is 4.78. The lowest BCUT2D eigenvalue weighted by atomic mass is 10.0. The van der Waals surface area contributed by atoms with Gasteiger partial charge in [-0.15, -0.1) is 0 Å². The lowest BCUT2D eigenvalue weighted by Crippen LogP contribution is -2.32. The van der Waals surface area contributed by atoms with Crippen molar-refractivity contribution in [3.05, 3.63) is 47.5 Å². The van der Waals surface area contributed by atoms with E-state index in [4.69, 9.17) is 0 Å². The molecule has 4 N–H and O–H groups in total. The number of phenols is 4. The minimum Gasteiger partial charge on any atom is -0.504 e. The molecule has 0 radical (unpaired) electrons. The summed E-state index contributed by atoms with van der Waals surface area (Å²) in [6.45, 7) is 4.62. The van der Waals surface area contributed by atoms with E-state index in [2.05, 4.69) is 9.80 Å². The third-order valence-corrected chi connectivity index (χ3v) is 7.66. The molecule has 0 saturated carbocycles. The van der Waals surface area contributed by atoms with Gasteiger partial charge in [0.25, 0.3) is 0 Å². The van der Waals surface area contributed by atoms with Crippen LogP contribution >= 0.6 is 0 Å². The number of unbranched alkanes of at least 4 members (excludes halogenated alkanes) is 3. The van der Waals surface area contributed by atoms with Crippen molar-refractivity contribution >= 4 is 0 Å². The minimum atomic E-state index is -0.0491. The topological polar surface area (TPSA) is 87.4 Å². The Morgan fingerprint density at radius 3 is 1.44 bits per heavy atom. The van der Waals surface area contributed by atoms with Crippen molar-refractivity contribution in [2.75, 3.05) is 26.2 Å². The average Bonchev–Trinajstić information content (AvgIpc) is 3.45. The lowest BCUT2D eigenvalue weighted by molar-refractivity contribution is 0.236. The molecule has 0 aliphatic carbocycles. The molecule has 0 bridgehead atoms. The van der Waals surface area contributed by atoms with Gasteiger partial charge in [-0.25, -0.2) is 0 Å². The van der Waals surface area contributed by atoms with Crippen molar-refractivity contribution in [3.8, 4) is 23.0 Å². The molecule has 2 aromatic rings. The highest BCUT2D eigenvalue weighted by atomic mass is 16.3. The molecule has 2 saturated heterocycles. The molecule has 2 atom stereocenters. The number of nitrogens with zero attached hydrogens (tertiary/aromatic N) is 2. The second-order valence-electron chi connectivity index (χ2n) is 10.1. The van der Waals surface area contributed by atoms with Crippen LogP contribution in [-0.2, 0) is 12.8 Å². The van der Waals surface area contributed by atoms with Gasteiger partial charge in [-0.1, -0.05) is 25.0 Å². The van der Waals surface area contributed by atoms with Crippen LogP contribution in [0.4, 0.5) is 0 Å². The maximum atomic E-state index is 9.77. The van der Waals surface area contributed by atoms with Crippen molar-refractivity contribution in [1.29, 1.82) is 0 Å². The molecule has 2 aromatic carbocycles. The SMILES string of the molecule is Oc1ccc(C[C@H]2CCCN2CCCCCCN2CCC[C@H]2Cc2ccc(O)c(O)c2)cc1O. The molecular formula is C28H40N2O4. The maximum Gasteiger partial charge on any atom is 0.157 e. The summed E-state index contributed by atoms with van der Waals surface area (Å²) in [6.07, 6.45) is 11.7. The summed E-state index contributed by atoms with van der Waals surface area (Å²) in [5.41, 5.74) is 2.18. The van der Waals surface area contributed by atoms with Gasteiger partial charge in [-0.05, 0) is 113 Å². The number of likely N-dealkylation sites (tertiary alicyclic amines) is 2. The van der Waals surface area contributed by atoms with Gasteiger partial charge in [0.2, 0.25) is 0 Å². The molecule has 2 fully saturated rings. The second kappa shape index (κ2) is 11.8. The van der Waals surface area contributed by atoms with Gasteiger partial charge in [-0.3, -0.25) is 0 Å². The summed E-state index contributed by atoms with van der Waals surface area (Å²) in [4.78, 5) is 5.21. The number of aromatic hydroxyl groups is 4. The Hall–Kier alpha value is -2.44. The summed E-state index contributed by atoms with van der Waals surface area (Å²) in [5.74, 6) is -0.147. The zero-order valence-electron chi connectivity index (χ0n) is 20.2. The van der Waals surface area contributed by atoms with Crippen molar-refractivity contribution in [3.63, 3.8) is 0 Å². The van der Waals surface area contributed by atoms with Crippen LogP contribution in [0.15, 0.2) is 36.4 Å². The summed E-state index contributed by atoms with van der Waals surface area (Å²) < 4.78 is 0. The molecule has 2 aliphatic rings.